The van der Waals surface area contributed by atoms with Gasteiger partial charge in [0.1, 0.15) is 0 Å². The van der Waals surface area contributed by atoms with Crippen molar-refractivity contribution in [1.82, 2.24) is 10.2 Å². The molecule has 2 atom stereocenters. The Kier molecular flexibility index (Phi) is 7.29. The van der Waals surface area contributed by atoms with Gasteiger partial charge in [0.05, 0.1) is 0 Å². The molecule has 0 saturated carbocycles. The van der Waals surface area contributed by atoms with E-state index < -0.39 is 0 Å². The molecule has 0 spiro atoms. The van der Waals surface area contributed by atoms with Gasteiger partial charge in [-0.3, -0.25) is 0 Å². The molecule has 0 rings (SSSR count). The van der Waals surface area contributed by atoms with Crippen LogP contribution in [-0.4, -0.2) is 37.1 Å². The molecule has 0 saturated heterocycles. The molecule has 2 heteroatoms. The lowest BCUT2D eigenvalue weighted by atomic mass is 10.1. The summed E-state index contributed by atoms with van der Waals surface area (Å²) < 4.78 is 0. The van der Waals surface area contributed by atoms with Crippen LogP contribution in [0.2, 0.25) is 0 Å². The molecule has 0 aromatic carbocycles. The number of hydrogen-bond donors (Lipinski definition) is 1. The largest absolute Gasteiger partial charge is 0.317 e. The van der Waals surface area contributed by atoms with Gasteiger partial charge in [-0.05, 0) is 46.8 Å². The summed E-state index contributed by atoms with van der Waals surface area (Å²) in [4.78, 5) is 2.55. The third kappa shape index (κ3) is 5.27. The molecule has 0 amide bonds. The standard InChI is InChI=1S/C11H26N2/c1-6-8-13(7-2)11(4)9-10(3)12-5/h10-12H,6-9H2,1-5H3. The van der Waals surface area contributed by atoms with E-state index in [-0.39, 0.29) is 0 Å². The highest BCUT2D eigenvalue weighted by atomic mass is 15.1. The Morgan fingerprint density at radius 2 is 1.85 bits per heavy atom. The van der Waals surface area contributed by atoms with Crippen LogP contribution >= 0.6 is 0 Å². The summed E-state index contributed by atoms with van der Waals surface area (Å²) in [7, 11) is 2.04. The van der Waals surface area contributed by atoms with Crippen LogP contribution in [0.5, 0.6) is 0 Å². The first-order chi connectivity index (χ1) is 6.15. The van der Waals surface area contributed by atoms with E-state index >= 15 is 0 Å². The Morgan fingerprint density at radius 3 is 2.23 bits per heavy atom. The van der Waals surface area contributed by atoms with Crippen LogP contribution < -0.4 is 5.32 Å². The zero-order valence-electron chi connectivity index (χ0n) is 9.93. The summed E-state index contributed by atoms with van der Waals surface area (Å²) in [5.41, 5.74) is 0. The molecular weight excluding hydrogens is 160 g/mol. The fraction of sp³-hybridized carbons (Fsp3) is 1.00. The van der Waals surface area contributed by atoms with E-state index in [0.717, 1.165) is 0 Å². The van der Waals surface area contributed by atoms with Crippen molar-refractivity contribution in [2.75, 3.05) is 20.1 Å². The van der Waals surface area contributed by atoms with E-state index in [4.69, 9.17) is 0 Å². The predicted molar refractivity (Wildman–Crippen MR) is 60.1 cm³/mol. The van der Waals surface area contributed by atoms with Crippen molar-refractivity contribution in [2.45, 2.75) is 52.6 Å². The van der Waals surface area contributed by atoms with Crippen LogP contribution in [0.15, 0.2) is 0 Å². The quantitative estimate of drug-likeness (QED) is 0.655. The normalized spacial score (nSPS) is 16.2. The molecule has 2 unspecified atom stereocenters. The third-order valence-electron chi connectivity index (χ3n) is 2.73. The minimum atomic E-state index is 0.626. The zero-order valence-corrected chi connectivity index (χ0v) is 9.93. The number of nitrogens with one attached hydrogen (secondary N) is 1. The van der Waals surface area contributed by atoms with Gasteiger partial charge in [0.15, 0.2) is 0 Å². The van der Waals surface area contributed by atoms with Crippen molar-refractivity contribution >= 4 is 0 Å². The van der Waals surface area contributed by atoms with Gasteiger partial charge in [0.2, 0.25) is 0 Å². The Balaban J connectivity index is 3.82. The molecule has 13 heavy (non-hydrogen) atoms. The molecule has 0 heterocycles. The van der Waals surface area contributed by atoms with E-state index in [9.17, 15) is 0 Å². The Hall–Kier alpha value is -0.0800. The van der Waals surface area contributed by atoms with Gasteiger partial charge in [0.25, 0.3) is 0 Å². The molecule has 1 N–H and O–H groups in total. The van der Waals surface area contributed by atoms with Gasteiger partial charge >= 0.3 is 0 Å². The van der Waals surface area contributed by atoms with Gasteiger partial charge in [-0.15, -0.1) is 0 Å². The predicted octanol–water partition coefficient (Wildman–Crippen LogP) is 2.10. The first-order valence-corrected chi connectivity index (χ1v) is 5.56. The van der Waals surface area contributed by atoms with Crippen molar-refractivity contribution < 1.29 is 0 Å². The van der Waals surface area contributed by atoms with E-state index in [1.165, 1.54) is 25.9 Å². The molecule has 0 aliphatic heterocycles. The first-order valence-electron chi connectivity index (χ1n) is 5.56. The van der Waals surface area contributed by atoms with Crippen LogP contribution in [0.25, 0.3) is 0 Å². The second kappa shape index (κ2) is 7.34. The highest BCUT2D eigenvalue weighted by molar-refractivity contribution is 4.71. The van der Waals surface area contributed by atoms with Crippen molar-refractivity contribution in [3.63, 3.8) is 0 Å². The molecule has 0 fully saturated rings. The number of hydrogen-bond acceptors (Lipinski definition) is 2. The van der Waals surface area contributed by atoms with Gasteiger partial charge < -0.3 is 10.2 Å². The summed E-state index contributed by atoms with van der Waals surface area (Å²) >= 11 is 0. The maximum absolute atomic E-state index is 3.29. The lowest BCUT2D eigenvalue weighted by molar-refractivity contribution is 0.199. The highest BCUT2D eigenvalue weighted by Crippen LogP contribution is 2.06. The summed E-state index contributed by atoms with van der Waals surface area (Å²) in [6.45, 7) is 11.5. The maximum Gasteiger partial charge on any atom is 0.00815 e. The van der Waals surface area contributed by atoms with Crippen LogP contribution in [0.4, 0.5) is 0 Å². The molecule has 0 aliphatic rings. The topological polar surface area (TPSA) is 15.3 Å². The Morgan fingerprint density at radius 1 is 1.23 bits per heavy atom. The first kappa shape index (κ1) is 12.9. The molecule has 0 radical (unpaired) electrons. The van der Waals surface area contributed by atoms with Crippen molar-refractivity contribution in [1.29, 1.82) is 0 Å². The number of rotatable bonds is 7. The molecule has 0 aromatic heterocycles. The minimum absolute atomic E-state index is 0.626. The van der Waals surface area contributed by atoms with Gasteiger partial charge in [-0.2, -0.15) is 0 Å². The molecule has 0 aromatic rings. The van der Waals surface area contributed by atoms with E-state index in [1.807, 2.05) is 7.05 Å². The lowest BCUT2D eigenvalue weighted by Gasteiger charge is -2.29. The lowest BCUT2D eigenvalue weighted by Crippen LogP contribution is -2.38. The fourth-order valence-electron chi connectivity index (χ4n) is 1.76. The zero-order chi connectivity index (χ0) is 10.3. The highest BCUT2D eigenvalue weighted by Gasteiger charge is 2.13. The van der Waals surface area contributed by atoms with Gasteiger partial charge in [0, 0.05) is 12.1 Å². The summed E-state index contributed by atoms with van der Waals surface area (Å²) in [6.07, 6.45) is 2.50. The average molecular weight is 186 g/mol. The second-order valence-corrected chi connectivity index (χ2v) is 3.90. The minimum Gasteiger partial charge on any atom is -0.317 e. The summed E-state index contributed by atoms with van der Waals surface area (Å²) in [5, 5.41) is 3.29. The van der Waals surface area contributed by atoms with Gasteiger partial charge in [-0.1, -0.05) is 13.8 Å². The third-order valence-corrected chi connectivity index (χ3v) is 2.73. The van der Waals surface area contributed by atoms with E-state index in [1.54, 1.807) is 0 Å². The second-order valence-electron chi connectivity index (χ2n) is 3.90. The van der Waals surface area contributed by atoms with Crippen LogP contribution in [0, 0.1) is 0 Å². The smallest absolute Gasteiger partial charge is 0.00815 e. The molecule has 80 valence electrons. The molecule has 0 aliphatic carbocycles. The molecule has 0 bridgehead atoms. The Bertz CT molecular complexity index is 115. The maximum atomic E-state index is 3.29. The van der Waals surface area contributed by atoms with E-state index in [0.29, 0.717) is 12.1 Å². The summed E-state index contributed by atoms with van der Waals surface area (Å²) in [6, 6.07) is 1.33. The summed E-state index contributed by atoms with van der Waals surface area (Å²) in [5.74, 6) is 0. The van der Waals surface area contributed by atoms with Gasteiger partial charge in [-0.25, -0.2) is 0 Å². The molecule has 2 nitrogen and oxygen atoms in total. The Labute approximate surface area is 83.7 Å². The van der Waals surface area contributed by atoms with Crippen LogP contribution in [-0.2, 0) is 0 Å². The SMILES string of the molecule is CCCN(CC)C(C)CC(C)NC. The van der Waals surface area contributed by atoms with Crippen molar-refractivity contribution in [3.05, 3.63) is 0 Å². The average Bonchev–Trinajstić information content (AvgIpc) is 2.13. The number of nitrogens with zero attached hydrogens (tertiary/aromatic N) is 1. The van der Waals surface area contributed by atoms with E-state index in [2.05, 4.69) is 37.9 Å². The monoisotopic (exact) mass is 186 g/mol. The van der Waals surface area contributed by atoms with Crippen LogP contribution in [0.3, 0.4) is 0 Å². The van der Waals surface area contributed by atoms with Crippen molar-refractivity contribution in [3.8, 4) is 0 Å². The molecular formula is C11H26N2. The van der Waals surface area contributed by atoms with Crippen LogP contribution in [0.1, 0.15) is 40.5 Å². The fourth-order valence-corrected chi connectivity index (χ4v) is 1.76. The van der Waals surface area contributed by atoms with Crippen molar-refractivity contribution in [2.24, 2.45) is 0 Å².